The van der Waals surface area contributed by atoms with Crippen LogP contribution < -0.4 is 15.8 Å². The summed E-state index contributed by atoms with van der Waals surface area (Å²) in [6, 6.07) is 12.4. The van der Waals surface area contributed by atoms with E-state index in [2.05, 4.69) is 5.32 Å². The minimum absolute atomic E-state index is 0.0931. The molecule has 0 saturated heterocycles. The SMILES string of the molecule is Cc1ccc(Nc2cccc(OCCN)c2)cc1[N+](=O)[O-]. The summed E-state index contributed by atoms with van der Waals surface area (Å²) in [4.78, 5) is 10.6. The summed E-state index contributed by atoms with van der Waals surface area (Å²) in [5.74, 6) is 0.701. The first kappa shape index (κ1) is 14.8. The molecule has 0 amide bonds. The van der Waals surface area contributed by atoms with E-state index in [1.54, 1.807) is 19.1 Å². The topological polar surface area (TPSA) is 90.4 Å². The van der Waals surface area contributed by atoms with Gasteiger partial charge in [0, 0.05) is 35.6 Å². The van der Waals surface area contributed by atoms with Crippen molar-refractivity contribution >= 4 is 17.1 Å². The molecule has 0 saturated carbocycles. The number of nitrogens with one attached hydrogen (secondary N) is 1. The van der Waals surface area contributed by atoms with E-state index in [1.165, 1.54) is 6.07 Å². The highest BCUT2D eigenvalue weighted by molar-refractivity contribution is 5.64. The normalized spacial score (nSPS) is 10.2. The average Bonchev–Trinajstić information content (AvgIpc) is 2.47. The molecule has 110 valence electrons. The van der Waals surface area contributed by atoms with E-state index in [4.69, 9.17) is 10.5 Å². The zero-order valence-electron chi connectivity index (χ0n) is 11.7. The van der Waals surface area contributed by atoms with Crippen LogP contribution in [0.3, 0.4) is 0 Å². The molecule has 0 heterocycles. The minimum Gasteiger partial charge on any atom is -0.492 e. The van der Waals surface area contributed by atoms with Crippen molar-refractivity contribution in [1.29, 1.82) is 0 Å². The van der Waals surface area contributed by atoms with Crippen LogP contribution in [0.25, 0.3) is 0 Å². The van der Waals surface area contributed by atoms with Crippen molar-refractivity contribution in [2.75, 3.05) is 18.5 Å². The van der Waals surface area contributed by atoms with Crippen LogP contribution in [0.2, 0.25) is 0 Å². The van der Waals surface area contributed by atoms with Gasteiger partial charge in [-0.3, -0.25) is 10.1 Å². The van der Waals surface area contributed by atoms with Crippen molar-refractivity contribution in [2.45, 2.75) is 6.92 Å². The lowest BCUT2D eigenvalue weighted by molar-refractivity contribution is -0.385. The molecule has 21 heavy (non-hydrogen) atoms. The Morgan fingerprint density at radius 2 is 2.00 bits per heavy atom. The second-order valence-corrected chi connectivity index (χ2v) is 4.55. The highest BCUT2D eigenvalue weighted by Gasteiger charge is 2.11. The van der Waals surface area contributed by atoms with E-state index in [0.717, 1.165) is 5.69 Å². The predicted octanol–water partition coefficient (Wildman–Crippen LogP) is 2.98. The number of nitro benzene ring substituents is 1. The third-order valence-electron chi connectivity index (χ3n) is 2.92. The van der Waals surface area contributed by atoms with Gasteiger partial charge < -0.3 is 15.8 Å². The fourth-order valence-electron chi connectivity index (χ4n) is 1.89. The molecule has 0 aliphatic heterocycles. The van der Waals surface area contributed by atoms with Crippen molar-refractivity contribution < 1.29 is 9.66 Å². The quantitative estimate of drug-likeness (QED) is 0.629. The highest BCUT2D eigenvalue weighted by atomic mass is 16.6. The number of ether oxygens (including phenoxy) is 1. The average molecular weight is 287 g/mol. The molecule has 0 spiro atoms. The molecular formula is C15H17N3O3. The molecule has 0 radical (unpaired) electrons. The molecule has 2 aromatic rings. The Hall–Kier alpha value is -2.60. The standard InChI is InChI=1S/C15H17N3O3/c1-11-5-6-13(10-15(11)18(19)20)17-12-3-2-4-14(9-12)21-8-7-16/h2-6,9-10,17H,7-8,16H2,1H3. The number of hydrogen-bond donors (Lipinski definition) is 2. The molecular weight excluding hydrogens is 270 g/mol. The highest BCUT2D eigenvalue weighted by Crippen LogP contribution is 2.26. The Labute approximate surface area is 122 Å². The van der Waals surface area contributed by atoms with Gasteiger partial charge in [0.25, 0.3) is 5.69 Å². The lowest BCUT2D eigenvalue weighted by atomic mass is 10.2. The Balaban J connectivity index is 2.18. The van der Waals surface area contributed by atoms with E-state index >= 15 is 0 Å². The largest absolute Gasteiger partial charge is 0.492 e. The molecule has 0 unspecified atom stereocenters. The maximum absolute atomic E-state index is 10.9. The molecule has 6 nitrogen and oxygen atoms in total. The number of nitrogens with two attached hydrogens (primary N) is 1. The van der Waals surface area contributed by atoms with Crippen LogP contribution in [0.4, 0.5) is 17.1 Å². The number of hydrogen-bond acceptors (Lipinski definition) is 5. The van der Waals surface area contributed by atoms with Gasteiger partial charge in [-0.25, -0.2) is 0 Å². The number of nitro groups is 1. The van der Waals surface area contributed by atoms with Crippen LogP contribution in [0, 0.1) is 17.0 Å². The summed E-state index contributed by atoms with van der Waals surface area (Å²) in [6.07, 6.45) is 0. The summed E-state index contributed by atoms with van der Waals surface area (Å²) < 4.78 is 5.44. The first-order valence-corrected chi connectivity index (χ1v) is 6.55. The summed E-state index contributed by atoms with van der Waals surface area (Å²) in [7, 11) is 0. The second-order valence-electron chi connectivity index (χ2n) is 4.55. The number of benzene rings is 2. The van der Waals surface area contributed by atoms with Gasteiger partial charge >= 0.3 is 0 Å². The van der Waals surface area contributed by atoms with Gasteiger partial charge in [-0.05, 0) is 25.1 Å². The van der Waals surface area contributed by atoms with Crippen LogP contribution in [-0.4, -0.2) is 18.1 Å². The van der Waals surface area contributed by atoms with Crippen LogP contribution in [0.1, 0.15) is 5.56 Å². The van der Waals surface area contributed by atoms with Crippen LogP contribution in [0.15, 0.2) is 42.5 Å². The number of anilines is 2. The van der Waals surface area contributed by atoms with Crippen molar-refractivity contribution in [2.24, 2.45) is 5.73 Å². The molecule has 6 heteroatoms. The Bertz CT molecular complexity index is 644. The fourth-order valence-corrected chi connectivity index (χ4v) is 1.89. The smallest absolute Gasteiger partial charge is 0.274 e. The monoisotopic (exact) mass is 287 g/mol. The Morgan fingerprint density at radius 1 is 1.24 bits per heavy atom. The summed E-state index contributed by atoms with van der Waals surface area (Å²) in [5.41, 5.74) is 7.57. The summed E-state index contributed by atoms with van der Waals surface area (Å²) in [6.45, 7) is 2.60. The summed E-state index contributed by atoms with van der Waals surface area (Å²) in [5, 5.41) is 14.1. The molecule has 0 atom stereocenters. The van der Waals surface area contributed by atoms with E-state index in [1.807, 2.05) is 24.3 Å². The minimum atomic E-state index is -0.388. The van der Waals surface area contributed by atoms with Crippen molar-refractivity contribution in [3.63, 3.8) is 0 Å². The van der Waals surface area contributed by atoms with E-state index in [0.29, 0.717) is 30.2 Å². The van der Waals surface area contributed by atoms with Gasteiger partial charge in [-0.1, -0.05) is 12.1 Å². The zero-order chi connectivity index (χ0) is 15.2. The van der Waals surface area contributed by atoms with Crippen molar-refractivity contribution in [3.05, 3.63) is 58.1 Å². The van der Waals surface area contributed by atoms with E-state index in [9.17, 15) is 10.1 Å². The first-order valence-electron chi connectivity index (χ1n) is 6.55. The molecule has 0 bridgehead atoms. The summed E-state index contributed by atoms with van der Waals surface area (Å²) >= 11 is 0. The third-order valence-corrected chi connectivity index (χ3v) is 2.92. The molecule has 0 aliphatic carbocycles. The second kappa shape index (κ2) is 6.71. The van der Waals surface area contributed by atoms with E-state index in [-0.39, 0.29) is 10.6 Å². The van der Waals surface area contributed by atoms with Gasteiger partial charge in [-0.2, -0.15) is 0 Å². The van der Waals surface area contributed by atoms with Crippen molar-refractivity contribution in [3.8, 4) is 5.75 Å². The molecule has 0 fully saturated rings. The number of aryl methyl sites for hydroxylation is 1. The van der Waals surface area contributed by atoms with Gasteiger partial charge in [0.05, 0.1) is 4.92 Å². The molecule has 0 aliphatic rings. The van der Waals surface area contributed by atoms with Crippen LogP contribution in [0.5, 0.6) is 5.75 Å². The van der Waals surface area contributed by atoms with Gasteiger partial charge in [0.2, 0.25) is 0 Å². The Morgan fingerprint density at radius 3 is 2.71 bits per heavy atom. The van der Waals surface area contributed by atoms with Gasteiger partial charge in [0.1, 0.15) is 12.4 Å². The van der Waals surface area contributed by atoms with E-state index < -0.39 is 0 Å². The van der Waals surface area contributed by atoms with Crippen LogP contribution in [-0.2, 0) is 0 Å². The zero-order valence-corrected chi connectivity index (χ0v) is 11.7. The molecule has 3 N–H and O–H groups in total. The predicted molar refractivity (Wildman–Crippen MR) is 82.1 cm³/mol. The molecule has 2 rings (SSSR count). The van der Waals surface area contributed by atoms with Gasteiger partial charge in [0.15, 0.2) is 0 Å². The fraction of sp³-hybridized carbons (Fsp3) is 0.200. The molecule has 0 aromatic heterocycles. The third kappa shape index (κ3) is 3.93. The number of rotatable bonds is 6. The van der Waals surface area contributed by atoms with Crippen molar-refractivity contribution in [1.82, 2.24) is 0 Å². The van der Waals surface area contributed by atoms with Crippen LogP contribution >= 0.6 is 0 Å². The lowest BCUT2D eigenvalue weighted by Crippen LogP contribution is -2.10. The lowest BCUT2D eigenvalue weighted by Gasteiger charge is -2.10. The number of nitrogens with zero attached hydrogens (tertiary/aromatic N) is 1. The first-order chi connectivity index (χ1) is 10.1. The Kier molecular flexibility index (Phi) is 4.73. The maximum atomic E-state index is 10.9. The molecule has 2 aromatic carbocycles. The van der Waals surface area contributed by atoms with Gasteiger partial charge in [-0.15, -0.1) is 0 Å². The maximum Gasteiger partial charge on any atom is 0.274 e.